The van der Waals surface area contributed by atoms with E-state index in [2.05, 4.69) is 37.4 Å². The van der Waals surface area contributed by atoms with E-state index >= 15 is 0 Å². The number of ether oxygens (including phenoxy) is 1. The van der Waals surface area contributed by atoms with Gasteiger partial charge in [-0.15, -0.1) is 0 Å². The van der Waals surface area contributed by atoms with E-state index in [4.69, 9.17) is 9.26 Å². The third-order valence-electron chi connectivity index (χ3n) is 7.33. The lowest BCUT2D eigenvalue weighted by Gasteiger charge is -2.38. The molecule has 2 saturated heterocycles. The third-order valence-corrected chi connectivity index (χ3v) is 7.33. The lowest BCUT2D eigenvalue weighted by Crippen LogP contribution is -2.50. The zero-order valence-electron chi connectivity index (χ0n) is 20.5. The highest BCUT2D eigenvalue weighted by Crippen LogP contribution is 2.30. The minimum atomic E-state index is -0.226. The smallest absolute Gasteiger partial charge is 0.259 e. The standard InChI is InChI=1S/C28H29N5O3/c1-18-26-24(16-25(30-28(26)36-31-18)19-5-11-23(35-2)12-6-19)27(34)29-20-7-9-21(10-8-20)33-15-14-32-13-3-4-22(32)17-33/h5-12,16,22H,3-4,13-15,17H2,1-2H3,(H,29,34)/t22-/m1/s1. The molecule has 6 rings (SSSR count). The number of anilines is 2. The normalized spacial score (nSPS) is 17.8. The molecule has 1 amide bonds. The predicted molar refractivity (Wildman–Crippen MR) is 140 cm³/mol. The molecule has 2 aromatic heterocycles. The number of carbonyl (C=O) groups is 1. The number of rotatable bonds is 5. The molecule has 0 radical (unpaired) electrons. The van der Waals surface area contributed by atoms with Crippen molar-refractivity contribution >= 4 is 28.4 Å². The number of piperazine rings is 1. The molecule has 184 valence electrons. The summed E-state index contributed by atoms with van der Waals surface area (Å²) in [5, 5.41) is 7.72. The molecule has 0 spiro atoms. The summed E-state index contributed by atoms with van der Waals surface area (Å²) in [4.78, 5) is 23.1. The van der Waals surface area contributed by atoms with Crippen LogP contribution in [0, 0.1) is 6.92 Å². The predicted octanol–water partition coefficient (Wildman–Crippen LogP) is 4.74. The number of aromatic nitrogens is 2. The van der Waals surface area contributed by atoms with Crippen LogP contribution in [0.3, 0.4) is 0 Å². The Bertz CT molecular complexity index is 1400. The maximum Gasteiger partial charge on any atom is 0.259 e. The van der Waals surface area contributed by atoms with Crippen molar-refractivity contribution in [2.75, 3.05) is 43.5 Å². The summed E-state index contributed by atoms with van der Waals surface area (Å²) >= 11 is 0. The van der Waals surface area contributed by atoms with Crippen LogP contribution in [0.1, 0.15) is 28.9 Å². The quantitative estimate of drug-likeness (QED) is 0.439. The molecule has 2 aliphatic rings. The Balaban J connectivity index is 1.24. The molecule has 4 aromatic rings. The Labute approximate surface area is 209 Å². The summed E-state index contributed by atoms with van der Waals surface area (Å²) in [5.74, 6) is 0.526. The molecule has 2 aliphatic heterocycles. The molecule has 8 heteroatoms. The molecule has 0 bridgehead atoms. The Kier molecular flexibility index (Phi) is 5.81. The Morgan fingerprint density at radius 2 is 1.89 bits per heavy atom. The van der Waals surface area contributed by atoms with Gasteiger partial charge in [-0.1, -0.05) is 5.16 Å². The maximum atomic E-state index is 13.4. The van der Waals surface area contributed by atoms with Crippen LogP contribution in [0.25, 0.3) is 22.4 Å². The Morgan fingerprint density at radius 1 is 1.08 bits per heavy atom. The molecule has 36 heavy (non-hydrogen) atoms. The second-order valence-corrected chi connectivity index (χ2v) is 9.51. The highest BCUT2D eigenvalue weighted by molar-refractivity contribution is 6.13. The number of hydrogen-bond acceptors (Lipinski definition) is 7. The van der Waals surface area contributed by atoms with Crippen molar-refractivity contribution in [3.05, 3.63) is 65.9 Å². The van der Waals surface area contributed by atoms with Gasteiger partial charge in [0.2, 0.25) is 0 Å². The first-order valence-corrected chi connectivity index (χ1v) is 12.4. The first-order chi connectivity index (χ1) is 17.6. The van der Waals surface area contributed by atoms with E-state index in [-0.39, 0.29) is 5.91 Å². The fourth-order valence-corrected chi connectivity index (χ4v) is 5.36. The van der Waals surface area contributed by atoms with E-state index in [0.717, 1.165) is 36.6 Å². The second kappa shape index (κ2) is 9.28. The van der Waals surface area contributed by atoms with Crippen molar-refractivity contribution in [2.45, 2.75) is 25.8 Å². The minimum absolute atomic E-state index is 0.226. The topological polar surface area (TPSA) is 83.7 Å². The van der Waals surface area contributed by atoms with Gasteiger partial charge >= 0.3 is 0 Å². The molecule has 0 saturated carbocycles. The van der Waals surface area contributed by atoms with Crippen molar-refractivity contribution < 1.29 is 14.1 Å². The zero-order valence-corrected chi connectivity index (χ0v) is 20.5. The van der Waals surface area contributed by atoms with Gasteiger partial charge in [0.15, 0.2) is 0 Å². The van der Waals surface area contributed by atoms with Crippen LogP contribution >= 0.6 is 0 Å². The fourth-order valence-electron chi connectivity index (χ4n) is 5.36. The molecule has 1 atom stereocenters. The number of fused-ring (bicyclic) bond motifs is 2. The molecule has 8 nitrogen and oxygen atoms in total. The van der Waals surface area contributed by atoms with Crippen LogP contribution in [-0.4, -0.2) is 60.3 Å². The first-order valence-electron chi connectivity index (χ1n) is 12.4. The average molecular weight is 484 g/mol. The molecule has 2 aromatic carbocycles. The molecule has 0 aliphatic carbocycles. The number of aryl methyl sites for hydroxylation is 1. The number of carbonyl (C=O) groups excluding carboxylic acids is 1. The van der Waals surface area contributed by atoms with Crippen LogP contribution in [0.2, 0.25) is 0 Å². The van der Waals surface area contributed by atoms with Crippen molar-refractivity contribution in [3.63, 3.8) is 0 Å². The molecule has 1 N–H and O–H groups in total. The van der Waals surface area contributed by atoms with Gasteiger partial charge in [-0.2, -0.15) is 0 Å². The van der Waals surface area contributed by atoms with Crippen molar-refractivity contribution in [3.8, 4) is 17.0 Å². The Morgan fingerprint density at radius 3 is 2.67 bits per heavy atom. The third kappa shape index (κ3) is 4.18. The largest absolute Gasteiger partial charge is 0.497 e. The summed E-state index contributed by atoms with van der Waals surface area (Å²) in [6.45, 7) is 6.28. The van der Waals surface area contributed by atoms with Crippen molar-refractivity contribution in [2.24, 2.45) is 0 Å². The van der Waals surface area contributed by atoms with Crippen LogP contribution in [0.15, 0.2) is 59.1 Å². The zero-order chi connectivity index (χ0) is 24.6. The number of nitrogens with zero attached hydrogens (tertiary/aromatic N) is 4. The number of methoxy groups -OCH3 is 1. The van der Waals surface area contributed by atoms with Gasteiger partial charge in [-0.05, 0) is 80.9 Å². The van der Waals surface area contributed by atoms with Gasteiger partial charge in [0.25, 0.3) is 11.6 Å². The summed E-state index contributed by atoms with van der Waals surface area (Å²) in [6.07, 6.45) is 2.59. The highest BCUT2D eigenvalue weighted by atomic mass is 16.5. The highest BCUT2D eigenvalue weighted by Gasteiger charge is 2.30. The monoisotopic (exact) mass is 483 g/mol. The molecule has 0 unspecified atom stereocenters. The van der Waals surface area contributed by atoms with E-state index in [1.54, 1.807) is 13.2 Å². The SMILES string of the molecule is COc1ccc(-c2cc(C(=O)Nc3ccc(N4CCN5CCC[C@@H]5C4)cc3)c3c(C)noc3n2)cc1. The number of hydrogen-bond donors (Lipinski definition) is 1. The number of amides is 1. The van der Waals surface area contributed by atoms with Crippen LogP contribution < -0.4 is 15.0 Å². The minimum Gasteiger partial charge on any atom is -0.497 e. The average Bonchev–Trinajstić information content (AvgIpc) is 3.54. The van der Waals surface area contributed by atoms with E-state index < -0.39 is 0 Å². The van der Waals surface area contributed by atoms with Gasteiger partial charge in [0.05, 0.1) is 29.4 Å². The Hall–Kier alpha value is -3.91. The first kappa shape index (κ1) is 22.5. The van der Waals surface area contributed by atoms with Crippen LogP contribution in [0.5, 0.6) is 5.75 Å². The number of nitrogens with one attached hydrogen (secondary N) is 1. The molecular formula is C28H29N5O3. The fraction of sp³-hybridized carbons (Fsp3) is 0.321. The molecular weight excluding hydrogens is 454 g/mol. The van der Waals surface area contributed by atoms with Gasteiger partial charge in [0, 0.05) is 42.6 Å². The molecule has 2 fully saturated rings. The van der Waals surface area contributed by atoms with Crippen molar-refractivity contribution in [1.82, 2.24) is 15.0 Å². The van der Waals surface area contributed by atoms with E-state index in [9.17, 15) is 4.79 Å². The second-order valence-electron chi connectivity index (χ2n) is 9.51. The summed E-state index contributed by atoms with van der Waals surface area (Å²) < 4.78 is 10.7. The molecule has 4 heterocycles. The van der Waals surface area contributed by atoms with Gasteiger partial charge in [-0.25, -0.2) is 4.98 Å². The van der Waals surface area contributed by atoms with E-state index in [1.165, 1.54) is 25.1 Å². The summed E-state index contributed by atoms with van der Waals surface area (Å²) in [6, 6.07) is 18.1. The van der Waals surface area contributed by atoms with E-state index in [0.29, 0.717) is 34.1 Å². The van der Waals surface area contributed by atoms with Crippen LogP contribution in [0.4, 0.5) is 11.4 Å². The number of pyridine rings is 1. The number of benzene rings is 2. The van der Waals surface area contributed by atoms with Gasteiger partial charge in [0.1, 0.15) is 5.75 Å². The van der Waals surface area contributed by atoms with Gasteiger partial charge < -0.3 is 19.5 Å². The van der Waals surface area contributed by atoms with E-state index in [1.807, 2.05) is 43.3 Å². The van der Waals surface area contributed by atoms with Crippen molar-refractivity contribution in [1.29, 1.82) is 0 Å². The summed E-state index contributed by atoms with van der Waals surface area (Å²) in [5.41, 5.74) is 4.87. The summed E-state index contributed by atoms with van der Waals surface area (Å²) in [7, 11) is 1.63. The van der Waals surface area contributed by atoms with Gasteiger partial charge in [-0.3, -0.25) is 9.69 Å². The lowest BCUT2D eigenvalue weighted by molar-refractivity contribution is 0.102. The maximum absolute atomic E-state index is 13.4. The lowest BCUT2D eigenvalue weighted by atomic mass is 10.0. The van der Waals surface area contributed by atoms with Crippen LogP contribution in [-0.2, 0) is 0 Å².